The van der Waals surface area contributed by atoms with E-state index in [1.807, 2.05) is 0 Å². The Labute approximate surface area is 102 Å². The molecule has 4 nitrogen and oxygen atoms in total. The van der Waals surface area contributed by atoms with E-state index >= 15 is 0 Å². The van der Waals surface area contributed by atoms with Gasteiger partial charge in [-0.15, -0.1) is 0 Å². The topological polar surface area (TPSA) is 44.1 Å². The van der Waals surface area contributed by atoms with Crippen molar-refractivity contribution in [2.24, 2.45) is 7.05 Å². The van der Waals surface area contributed by atoms with Gasteiger partial charge in [0.05, 0.1) is 6.61 Å². The molecule has 15 heavy (non-hydrogen) atoms. The van der Waals surface area contributed by atoms with E-state index < -0.39 is 9.76 Å². The van der Waals surface area contributed by atoms with Crippen molar-refractivity contribution in [1.82, 2.24) is 9.78 Å². The first-order chi connectivity index (χ1) is 6.86. The van der Waals surface area contributed by atoms with Crippen molar-refractivity contribution in [3.8, 4) is 0 Å². The molecular weight excluding hydrogens is 262 g/mol. The minimum Gasteiger partial charge on any atom is -0.462 e. The fourth-order valence-corrected chi connectivity index (χ4v) is 1.47. The van der Waals surface area contributed by atoms with Crippen LogP contribution in [-0.4, -0.2) is 22.4 Å². The lowest BCUT2D eigenvalue weighted by Crippen LogP contribution is -2.11. The summed E-state index contributed by atoms with van der Waals surface area (Å²) in [6, 6.07) is 0. The van der Waals surface area contributed by atoms with E-state index in [0.29, 0.717) is 0 Å². The van der Waals surface area contributed by atoms with Crippen LogP contribution < -0.4 is 0 Å². The van der Waals surface area contributed by atoms with E-state index in [-0.39, 0.29) is 17.9 Å². The lowest BCUT2D eigenvalue weighted by atomic mass is 10.3. The molecule has 1 aromatic heterocycles. The van der Waals surface area contributed by atoms with Crippen LogP contribution in [0.4, 0.5) is 0 Å². The number of rotatable bonds is 2. The largest absolute Gasteiger partial charge is 0.462 e. The normalized spacial score (nSPS) is 11.5. The van der Waals surface area contributed by atoms with Gasteiger partial charge in [-0.3, -0.25) is 4.68 Å². The number of halogens is 3. The number of alkyl halides is 3. The van der Waals surface area contributed by atoms with Crippen LogP contribution in [-0.2, 0) is 15.6 Å². The smallest absolute Gasteiger partial charge is 0.341 e. The lowest BCUT2D eigenvalue weighted by Gasteiger charge is -2.09. The van der Waals surface area contributed by atoms with Crippen molar-refractivity contribution in [2.45, 2.75) is 10.7 Å². The summed E-state index contributed by atoms with van der Waals surface area (Å²) >= 11 is 17.0. The summed E-state index contributed by atoms with van der Waals surface area (Å²) in [5.41, 5.74) is 0.243. The molecule has 0 aliphatic rings. The van der Waals surface area contributed by atoms with Crippen LogP contribution in [0.1, 0.15) is 23.0 Å². The van der Waals surface area contributed by atoms with Crippen molar-refractivity contribution >= 4 is 40.8 Å². The summed E-state index contributed by atoms with van der Waals surface area (Å²) in [7, 11) is 1.63. The van der Waals surface area contributed by atoms with Crippen LogP contribution >= 0.6 is 34.8 Å². The first-order valence-electron chi connectivity index (χ1n) is 4.14. The van der Waals surface area contributed by atoms with Gasteiger partial charge < -0.3 is 4.74 Å². The molecule has 0 amide bonds. The first-order valence-corrected chi connectivity index (χ1v) is 5.27. The molecule has 0 bridgehead atoms. The summed E-state index contributed by atoms with van der Waals surface area (Å²) in [6.45, 7) is 1.95. The van der Waals surface area contributed by atoms with Crippen molar-refractivity contribution in [3.63, 3.8) is 0 Å². The van der Waals surface area contributed by atoms with Crippen molar-refractivity contribution in [2.75, 3.05) is 6.61 Å². The molecule has 0 spiro atoms. The number of aryl methyl sites for hydroxylation is 1. The van der Waals surface area contributed by atoms with Crippen LogP contribution in [0.15, 0.2) is 6.20 Å². The predicted octanol–water partition coefficient (Wildman–Crippen LogP) is 2.42. The Hall–Kier alpha value is -0.450. The average Bonchev–Trinajstić information content (AvgIpc) is 2.47. The maximum atomic E-state index is 11.5. The van der Waals surface area contributed by atoms with Gasteiger partial charge in [0, 0.05) is 13.2 Å². The maximum Gasteiger partial charge on any atom is 0.341 e. The van der Waals surface area contributed by atoms with Gasteiger partial charge in [0.25, 0.3) is 0 Å². The molecule has 84 valence electrons. The zero-order valence-electron chi connectivity index (χ0n) is 8.13. The number of hydrogen-bond acceptors (Lipinski definition) is 3. The monoisotopic (exact) mass is 270 g/mol. The Morgan fingerprint density at radius 1 is 1.60 bits per heavy atom. The second-order valence-corrected chi connectivity index (χ2v) is 5.06. The molecule has 7 heteroatoms. The molecule has 0 aromatic carbocycles. The number of hydrogen-bond donors (Lipinski definition) is 0. The van der Waals surface area contributed by atoms with Crippen LogP contribution in [0.2, 0.25) is 0 Å². The zero-order chi connectivity index (χ0) is 11.6. The fraction of sp³-hybridized carbons (Fsp3) is 0.500. The molecule has 0 radical (unpaired) electrons. The standard InChI is InChI=1S/C8H9Cl3N2O2/c1-3-15-7(14)5-4-13(2)12-6(5)8(9,10)11/h4H,3H2,1-2H3. The molecule has 0 unspecified atom stereocenters. The van der Waals surface area contributed by atoms with Gasteiger partial charge in [-0.1, -0.05) is 34.8 Å². The van der Waals surface area contributed by atoms with Crippen LogP contribution in [0.5, 0.6) is 0 Å². The minimum absolute atomic E-state index is 0.0773. The number of carbonyl (C=O) groups is 1. The fourth-order valence-electron chi connectivity index (χ4n) is 1.06. The number of esters is 1. The number of carbonyl (C=O) groups excluding carboxylic acids is 1. The highest BCUT2D eigenvalue weighted by Gasteiger charge is 2.32. The van der Waals surface area contributed by atoms with Crippen LogP contribution in [0.25, 0.3) is 0 Å². The molecule has 0 saturated carbocycles. The van der Waals surface area contributed by atoms with Gasteiger partial charge in [0.1, 0.15) is 11.3 Å². The maximum absolute atomic E-state index is 11.5. The molecule has 0 fully saturated rings. The zero-order valence-corrected chi connectivity index (χ0v) is 10.4. The van der Waals surface area contributed by atoms with Gasteiger partial charge in [-0.2, -0.15) is 5.10 Å². The number of ether oxygens (including phenoxy) is 1. The highest BCUT2D eigenvalue weighted by atomic mass is 35.6. The summed E-state index contributed by atoms with van der Waals surface area (Å²) in [4.78, 5) is 11.5. The van der Waals surface area contributed by atoms with Crippen LogP contribution in [0.3, 0.4) is 0 Å². The Morgan fingerprint density at radius 2 is 2.20 bits per heavy atom. The van der Waals surface area contributed by atoms with E-state index in [9.17, 15) is 4.79 Å². The lowest BCUT2D eigenvalue weighted by molar-refractivity contribution is 0.0525. The minimum atomic E-state index is -1.73. The predicted molar refractivity (Wildman–Crippen MR) is 58.4 cm³/mol. The molecule has 0 aliphatic carbocycles. The molecule has 1 heterocycles. The average molecular weight is 272 g/mol. The molecule has 0 aliphatic heterocycles. The van der Waals surface area contributed by atoms with Gasteiger partial charge in [0.2, 0.25) is 3.79 Å². The highest BCUT2D eigenvalue weighted by Crippen LogP contribution is 2.39. The summed E-state index contributed by atoms with van der Waals surface area (Å²) < 4.78 is 4.47. The second-order valence-electron chi connectivity index (χ2n) is 2.78. The second kappa shape index (κ2) is 4.60. The summed E-state index contributed by atoms with van der Waals surface area (Å²) in [5, 5.41) is 3.91. The Balaban J connectivity index is 3.12. The van der Waals surface area contributed by atoms with Gasteiger partial charge in [0.15, 0.2) is 0 Å². The van der Waals surface area contributed by atoms with Gasteiger partial charge in [-0.25, -0.2) is 4.79 Å². The van der Waals surface area contributed by atoms with E-state index in [1.165, 1.54) is 10.9 Å². The first kappa shape index (κ1) is 12.6. The quantitative estimate of drug-likeness (QED) is 0.613. The number of nitrogens with zero attached hydrogens (tertiary/aromatic N) is 2. The van der Waals surface area contributed by atoms with E-state index in [0.717, 1.165) is 0 Å². The molecular formula is C8H9Cl3N2O2. The van der Waals surface area contributed by atoms with E-state index in [4.69, 9.17) is 39.5 Å². The third kappa shape index (κ3) is 3.00. The Morgan fingerprint density at radius 3 is 2.67 bits per heavy atom. The Bertz CT molecular complexity index is 370. The molecule has 1 aromatic rings. The summed E-state index contributed by atoms with van der Waals surface area (Å²) in [6.07, 6.45) is 1.45. The van der Waals surface area contributed by atoms with Crippen molar-refractivity contribution < 1.29 is 9.53 Å². The highest BCUT2D eigenvalue weighted by molar-refractivity contribution is 6.66. The van der Waals surface area contributed by atoms with E-state index in [2.05, 4.69) is 5.10 Å². The van der Waals surface area contributed by atoms with Gasteiger partial charge >= 0.3 is 5.97 Å². The third-order valence-corrected chi connectivity index (χ3v) is 2.13. The summed E-state index contributed by atoms with van der Waals surface area (Å²) in [5.74, 6) is -0.549. The van der Waals surface area contributed by atoms with Crippen LogP contribution in [0, 0.1) is 0 Å². The van der Waals surface area contributed by atoms with Crippen molar-refractivity contribution in [3.05, 3.63) is 17.5 Å². The van der Waals surface area contributed by atoms with Crippen molar-refractivity contribution in [1.29, 1.82) is 0 Å². The SMILES string of the molecule is CCOC(=O)c1cn(C)nc1C(Cl)(Cl)Cl. The molecule has 0 saturated heterocycles. The third-order valence-electron chi connectivity index (χ3n) is 1.59. The molecule has 0 atom stereocenters. The van der Waals surface area contributed by atoms with E-state index in [1.54, 1.807) is 14.0 Å². The number of aromatic nitrogens is 2. The van der Waals surface area contributed by atoms with Gasteiger partial charge in [-0.05, 0) is 6.92 Å². The molecule has 0 N–H and O–H groups in total. The Kier molecular flexibility index (Phi) is 3.87. The molecule has 1 rings (SSSR count).